The SMILES string of the molecule is CCCCCCCCNC(=O)Nc1cc(N([O-])[O-])cc(N(O)O)c1. The minimum Gasteiger partial charge on any atom is -0.769 e. The molecule has 0 aliphatic heterocycles. The number of unbranched alkanes of at least 4 members (excludes halogenated alkanes) is 5. The van der Waals surface area contributed by atoms with Crippen molar-refractivity contribution in [1.29, 1.82) is 0 Å². The molecule has 2 amide bonds. The summed E-state index contributed by atoms with van der Waals surface area (Å²) in [5.41, 5.74) is -0.505. The Morgan fingerprint density at radius 3 is 2.29 bits per heavy atom. The quantitative estimate of drug-likeness (QED) is 0.378. The predicted molar refractivity (Wildman–Crippen MR) is 92.1 cm³/mol. The van der Waals surface area contributed by atoms with E-state index in [-0.39, 0.29) is 22.3 Å². The minimum atomic E-state index is -0.688. The zero-order valence-corrected chi connectivity index (χ0v) is 13.7. The lowest BCUT2D eigenvalue weighted by Gasteiger charge is -2.38. The molecule has 9 heteroatoms. The molecule has 1 aromatic carbocycles. The molecule has 0 radical (unpaired) electrons. The van der Waals surface area contributed by atoms with Crippen molar-refractivity contribution in [3.63, 3.8) is 0 Å². The standard InChI is InChI=1S/C15H24N4O5/c1-2-3-4-5-6-7-8-16-15(20)17-12-9-13(18(21)22)11-14(10-12)19(23)24/h9-11,21-22H,2-8H2,1H3,(H2,16,17,20)/q-2. The molecule has 1 rings (SSSR count). The predicted octanol–water partition coefficient (Wildman–Crippen LogP) is 3.56. The lowest BCUT2D eigenvalue weighted by Crippen LogP contribution is -2.29. The number of carbonyl (C=O) groups excluding carboxylic acids is 1. The van der Waals surface area contributed by atoms with Crippen molar-refractivity contribution >= 4 is 23.1 Å². The third-order valence-corrected chi connectivity index (χ3v) is 3.42. The van der Waals surface area contributed by atoms with Gasteiger partial charge in [-0.25, -0.2) is 4.79 Å². The summed E-state index contributed by atoms with van der Waals surface area (Å²) in [6.45, 7) is 2.66. The second-order valence-corrected chi connectivity index (χ2v) is 5.43. The summed E-state index contributed by atoms with van der Waals surface area (Å²) in [5, 5.41) is 43.8. The van der Waals surface area contributed by atoms with Gasteiger partial charge < -0.3 is 26.3 Å². The summed E-state index contributed by atoms with van der Waals surface area (Å²) in [6.07, 6.45) is 6.62. The number of benzene rings is 1. The molecule has 136 valence electrons. The second-order valence-electron chi connectivity index (χ2n) is 5.43. The fourth-order valence-corrected chi connectivity index (χ4v) is 2.17. The highest BCUT2D eigenvalue weighted by molar-refractivity contribution is 5.90. The van der Waals surface area contributed by atoms with E-state index in [1.54, 1.807) is 0 Å². The van der Waals surface area contributed by atoms with Crippen LogP contribution in [0, 0.1) is 10.4 Å². The maximum Gasteiger partial charge on any atom is 0.319 e. The van der Waals surface area contributed by atoms with E-state index < -0.39 is 11.3 Å². The molecule has 0 saturated heterocycles. The van der Waals surface area contributed by atoms with Crippen LogP contribution in [0.4, 0.5) is 21.9 Å². The van der Waals surface area contributed by atoms with Crippen LogP contribution in [0.25, 0.3) is 0 Å². The van der Waals surface area contributed by atoms with E-state index in [9.17, 15) is 15.2 Å². The van der Waals surface area contributed by atoms with Gasteiger partial charge >= 0.3 is 6.03 Å². The molecule has 0 heterocycles. The number of hydrogen-bond acceptors (Lipinski definition) is 7. The largest absolute Gasteiger partial charge is 0.769 e. The molecular weight excluding hydrogens is 316 g/mol. The first-order valence-electron chi connectivity index (χ1n) is 7.96. The van der Waals surface area contributed by atoms with Crippen molar-refractivity contribution in [2.75, 3.05) is 22.3 Å². The van der Waals surface area contributed by atoms with Gasteiger partial charge in [0.1, 0.15) is 0 Å². The molecule has 0 aliphatic rings. The third-order valence-electron chi connectivity index (χ3n) is 3.42. The molecule has 0 atom stereocenters. The van der Waals surface area contributed by atoms with Gasteiger partial charge in [0.2, 0.25) is 0 Å². The third kappa shape index (κ3) is 7.47. The topological polar surface area (TPSA) is 134 Å². The molecule has 4 N–H and O–H groups in total. The maximum absolute atomic E-state index is 11.8. The molecule has 0 bridgehead atoms. The van der Waals surface area contributed by atoms with E-state index in [4.69, 9.17) is 10.4 Å². The summed E-state index contributed by atoms with van der Waals surface area (Å²) in [5.74, 6) is 0. The molecule has 0 spiro atoms. The van der Waals surface area contributed by atoms with Crippen molar-refractivity contribution in [3.8, 4) is 0 Å². The number of carbonyl (C=O) groups is 1. The highest BCUT2D eigenvalue weighted by Crippen LogP contribution is 2.26. The maximum atomic E-state index is 11.8. The molecular formula is C15H24N4O5-2. The first-order valence-corrected chi connectivity index (χ1v) is 7.96. The summed E-state index contributed by atoms with van der Waals surface area (Å²) < 4.78 is 0. The number of amides is 2. The number of hydrogen-bond donors (Lipinski definition) is 4. The van der Waals surface area contributed by atoms with E-state index in [0.717, 1.165) is 31.4 Å². The first kappa shape index (κ1) is 20.0. The summed E-state index contributed by atoms with van der Waals surface area (Å²) in [7, 11) is 0. The van der Waals surface area contributed by atoms with Crippen LogP contribution in [-0.2, 0) is 0 Å². The van der Waals surface area contributed by atoms with Crippen LogP contribution < -0.4 is 21.1 Å². The first-order chi connectivity index (χ1) is 11.4. The summed E-state index contributed by atoms with van der Waals surface area (Å²) in [4.78, 5) is 11.8. The highest BCUT2D eigenvalue weighted by atomic mass is 16.8. The molecule has 0 aliphatic carbocycles. The number of urea groups is 1. The van der Waals surface area contributed by atoms with Crippen LogP contribution in [0.15, 0.2) is 18.2 Å². The smallest absolute Gasteiger partial charge is 0.319 e. The van der Waals surface area contributed by atoms with Gasteiger partial charge in [0.05, 0.1) is 5.69 Å². The lowest BCUT2D eigenvalue weighted by molar-refractivity contribution is 0.0292. The number of nitrogens with zero attached hydrogens (tertiary/aromatic N) is 2. The Bertz CT molecular complexity index is 484. The van der Waals surface area contributed by atoms with Gasteiger partial charge in [-0.3, -0.25) is 10.4 Å². The lowest BCUT2D eigenvalue weighted by atomic mass is 10.1. The van der Waals surface area contributed by atoms with Gasteiger partial charge in [0.15, 0.2) is 0 Å². The van der Waals surface area contributed by atoms with Crippen LogP contribution in [-0.4, -0.2) is 23.0 Å². The molecule has 0 fully saturated rings. The zero-order valence-electron chi connectivity index (χ0n) is 13.7. The molecule has 1 aromatic rings. The number of rotatable bonds is 10. The average Bonchev–Trinajstić information content (AvgIpc) is 2.53. The Hall–Kier alpha value is -2.07. The van der Waals surface area contributed by atoms with Crippen molar-refractivity contribution < 1.29 is 15.2 Å². The van der Waals surface area contributed by atoms with Gasteiger partial charge in [-0.05, 0) is 24.6 Å². The van der Waals surface area contributed by atoms with Gasteiger partial charge in [-0.1, -0.05) is 39.0 Å². The fraction of sp³-hybridized carbons (Fsp3) is 0.533. The van der Waals surface area contributed by atoms with Crippen LogP contribution in [0.5, 0.6) is 0 Å². The number of nitrogens with one attached hydrogen (secondary N) is 2. The Morgan fingerprint density at radius 2 is 1.67 bits per heavy atom. The molecule has 0 unspecified atom stereocenters. The van der Waals surface area contributed by atoms with Crippen molar-refractivity contribution in [3.05, 3.63) is 28.6 Å². The van der Waals surface area contributed by atoms with E-state index in [1.165, 1.54) is 25.3 Å². The Labute approximate surface area is 140 Å². The van der Waals surface area contributed by atoms with Crippen LogP contribution in [0.1, 0.15) is 45.4 Å². The fourth-order valence-electron chi connectivity index (χ4n) is 2.17. The van der Waals surface area contributed by atoms with Crippen LogP contribution >= 0.6 is 0 Å². The normalized spacial score (nSPS) is 10.4. The zero-order chi connectivity index (χ0) is 17.9. The van der Waals surface area contributed by atoms with Crippen LogP contribution in [0.3, 0.4) is 0 Å². The van der Waals surface area contributed by atoms with Gasteiger partial charge in [-0.2, -0.15) is 0 Å². The average molecular weight is 340 g/mol. The molecule has 24 heavy (non-hydrogen) atoms. The van der Waals surface area contributed by atoms with Gasteiger partial charge in [0, 0.05) is 17.9 Å². The molecule has 0 aromatic heterocycles. The van der Waals surface area contributed by atoms with E-state index in [1.807, 2.05) is 0 Å². The molecule has 9 nitrogen and oxygen atoms in total. The van der Waals surface area contributed by atoms with E-state index in [2.05, 4.69) is 17.6 Å². The van der Waals surface area contributed by atoms with Crippen molar-refractivity contribution in [2.45, 2.75) is 45.4 Å². The van der Waals surface area contributed by atoms with Crippen molar-refractivity contribution in [1.82, 2.24) is 5.32 Å². The second kappa shape index (κ2) is 10.7. The highest BCUT2D eigenvalue weighted by Gasteiger charge is 2.07. The van der Waals surface area contributed by atoms with Crippen molar-refractivity contribution in [2.24, 2.45) is 0 Å². The number of anilines is 3. The summed E-state index contributed by atoms with van der Waals surface area (Å²) in [6, 6.07) is 2.81. The molecule has 0 saturated carbocycles. The Balaban J connectivity index is 2.45. The minimum absolute atomic E-state index is 0.0905. The van der Waals surface area contributed by atoms with E-state index >= 15 is 0 Å². The Kier molecular flexibility index (Phi) is 8.87. The summed E-state index contributed by atoms with van der Waals surface area (Å²) >= 11 is 0. The van der Waals surface area contributed by atoms with Gasteiger partial charge in [0.25, 0.3) is 0 Å². The van der Waals surface area contributed by atoms with Gasteiger partial charge in [-0.15, -0.1) is 5.23 Å². The van der Waals surface area contributed by atoms with E-state index in [0.29, 0.717) is 6.54 Å². The van der Waals surface area contributed by atoms with Crippen LogP contribution in [0.2, 0.25) is 0 Å². The Morgan fingerprint density at radius 1 is 1.04 bits per heavy atom. The monoisotopic (exact) mass is 340 g/mol.